The van der Waals surface area contributed by atoms with Crippen LogP contribution >= 0.6 is 27.5 Å². The first kappa shape index (κ1) is 12.5. The highest BCUT2D eigenvalue weighted by Gasteiger charge is 2.28. The molecule has 1 aromatic carbocycles. The molecule has 1 N–H and O–H groups in total. The molecule has 1 atom stereocenters. The summed E-state index contributed by atoms with van der Waals surface area (Å²) in [6, 6.07) is 3.47. The smallest absolute Gasteiger partial charge is 0.349 e. The van der Waals surface area contributed by atoms with Crippen molar-refractivity contribution in [3.8, 4) is 5.75 Å². The number of carbonyl (C=O) groups is 1. The summed E-state index contributed by atoms with van der Waals surface area (Å²) in [6.45, 7) is 2.48. The second kappa shape index (κ2) is 5.14. The summed E-state index contributed by atoms with van der Waals surface area (Å²) in [5.41, 5.74) is 0.768. The van der Waals surface area contributed by atoms with E-state index >= 15 is 0 Å². The highest BCUT2D eigenvalue weighted by Crippen LogP contribution is 2.39. The van der Waals surface area contributed by atoms with Gasteiger partial charge in [0.05, 0.1) is 23.3 Å². The molecular weight excluding hydrogens is 309 g/mol. The zero-order chi connectivity index (χ0) is 12.4. The lowest BCUT2D eigenvalue weighted by atomic mass is 10.2. The van der Waals surface area contributed by atoms with E-state index in [0.29, 0.717) is 28.4 Å². The molecule has 4 nitrogen and oxygen atoms in total. The van der Waals surface area contributed by atoms with E-state index in [1.54, 1.807) is 19.1 Å². The Morgan fingerprint density at radius 1 is 1.71 bits per heavy atom. The number of anilines is 1. The van der Waals surface area contributed by atoms with Gasteiger partial charge < -0.3 is 14.8 Å². The largest absolute Gasteiger partial charge is 0.473 e. The van der Waals surface area contributed by atoms with Gasteiger partial charge >= 0.3 is 5.97 Å². The van der Waals surface area contributed by atoms with Gasteiger partial charge in [-0.2, -0.15) is 0 Å². The molecule has 1 aromatic rings. The van der Waals surface area contributed by atoms with Crippen molar-refractivity contribution >= 4 is 39.2 Å². The normalized spacial score (nSPS) is 17.7. The zero-order valence-electron chi connectivity index (χ0n) is 9.13. The standard InChI is InChI=1S/C11H11BrClNO3/c1-2-16-11(15)9-5-14-8-4-6(13)3-7(12)10(8)17-9/h3-4,9,14H,2,5H2,1H3. The lowest BCUT2D eigenvalue weighted by Gasteiger charge is -2.26. The molecule has 1 heterocycles. The van der Waals surface area contributed by atoms with Gasteiger partial charge in [0.25, 0.3) is 0 Å². The predicted molar refractivity (Wildman–Crippen MR) is 68.7 cm³/mol. The van der Waals surface area contributed by atoms with E-state index in [0.717, 1.165) is 5.69 Å². The summed E-state index contributed by atoms with van der Waals surface area (Å²) in [4.78, 5) is 11.6. The molecule has 0 amide bonds. The minimum absolute atomic E-state index is 0.341. The third-order valence-corrected chi connectivity index (χ3v) is 3.10. The number of esters is 1. The molecule has 0 aromatic heterocycles. The van der Waals surface area contributed by atoms with Gasteiger partial charge in [0.15, 0.2) is 5.75 Å². The number of fused-ring (bicyclic) bond motifs is 1. The number of benzene rings is 1. The van der Waals surface area contributed by atoms with Crippen LogP contribution in [0, 0.1) is 0 Å². The molecule has 92 valence electrons. The molecule has 0 saturated carbocycles. The van der Waals surface area contributed by atoms with E-state index in [2.05, 4.69) is 21.2 Å². The zero-order valence-corrected chi connectivity index (χ0v) is 11.5. The Labute approximate surface area is 112 Å². The minimum Gasteiger partial charge on any atom is -0.473 e. The molecule has 2 rings (SSSR count). The van der Waals surface area contributed by atoms with Crippen LogP contribution in [0.3, 0.4) is 0 Å². The molecule has 1 aliphatic heterocycles. The fraction of sp³-hybridized carbons (Fsp3) is 0.364. The molecule has 6 heteroatoms. The molecular formula is C11H11BrClNO3. The van der Waals surface area contributed by atoms with Gasteiger partial charge in [0, 0.05) is 5.02 Å². The second-order valence-corrected chi connectivity index (χ2v) is 4.79. The van der Waals surface area contributed by atoms with Crippen molar-refractivity contribution in [3.63, 3.8) is 0 Å². The highest BCUT2D eigenvalue weighted by molar-refractivity contribution is 9.10. The number of halogens is 2. The summed E-state index contributed by atoms with van der Waals surface area (Å²) in [7, 11) is 0. The Morgan fingerprint density at radius 3 is 3.18 bits per heavy atom. The third kappa shape index (κ3) is 2.66. The lowest BCUT2D eigenvalue weighted by molar-refractivity contribution is -0.150. The summed E-state index contributed by atoms with van der Waals surface area (Å²) in [5, 5.41) is 3.69. The monoisotopic (exact) mass is 319 g/mol. The first-order valence-corrected chi connectivity index (χ1v) is 6.35. The molecule has 0 radical (unpaired) electrons. The van der Waals surface area contributed by atoms with E-state index in [1.807, 2.05) is 0 Å². The minimum atomic E-state index is -0.625. The summed E-state index contributed by atoms with van der Waals surface area (Å²) < 4.78 is 11.2. The fourth-order valence-electron chi connectivity index (χ4n) is 1.56. The van der Waals surface area contributed by atoms with E-state index < -0.39 is 6.10 Å². The lowest BCUT2D eigenvalue weighted by Crippen LogP contribution is -2.39. The van der Waals surface area contributed by atoms with Crippen LogP contribution in [0.1, 0.15) is 6.92 Å². The second-order valence-electron chi connectivity index (χ2n) is 3.50. The van der Waals surface area contributed by atoms with Crippen LogP contribution in [-0.4, -0.2) is 25.2 Å². The van der Waals surface area contributed by atoms with Gasteiger partial charge in [-0.25, -0.2) is 4.79 Å². The fourth-order valence-corrected chi connectivity index (χ4v) is 2.47. The van der Waals surface area contributed by atoms with Crippen LogP contribution in [0.5, 0.6) is 5.75 Å². The SMILES string of the molecule is CCOC(=O)C1CNc2cc(Cl)cc(Br)c2O1. The number of nitrogens with one attached hydrogen (secondary N) is 1. The molecule has 0 saturated heterocycles. The van der Waals surface area contributed by atoms with Gasteiger partial charge in [-0.15, -0.1) is 0 Å². The van der Waals surface area contributed by atoms with Crippen LogP contribution in [-0.2, 0) is 9.53 Å². The van der Waals surface area contributed by atoms with E-state index in [-0.39, 0.29) is 5.97 Å². The van der Waals surface area contributed by atoms with E-state index in [1.165, 1.54) is 0 Å². The Kier molecular flexibility index (Phi) is 3.79. The predicted octanol–water partition coefficient (Wildman–Crippen LogP) is 2.84. The molecule has 0 bridgehead atoms. The molecule has 17 heavy (non-hydrogen) atoms. The van der Waals surface area contributed by atoms with Crippen molar-refractivity contribution in [2.45, 2.75) is 13.0 Å². The molecule has 0 aliphatic carbocycles. The van der Waals surface area contributed by atoms with Crippen LogP contribution in [0.25, 0.3) is 0 Å². The molecule has 1 unspecified atom stereocenters. The van der Waals surface area contributed by atoms with Crippen LogP contribution in [0.2, 0.25) is 5.02 Å². The molecule has 0 fully saturated rings. The highest BCUT2D eigenvalue weighted by atomic mass is 79.9. The first-order chi connectivity index (χ1) is 8.11. The van der Waals surface area contributed by atoms with Crippen molar-refractivity contribution in [2.75, 3.05) is 18.5 Å². The van der Waals surface area contributed by atoms with Gasteiger partial charge in [-0.3, -0.25) is 0 Å². The van der Waals surface area contributed by atoms with Crippen molar-refractivity contribution in [3.05, 3.63) is 21.6 Å². The summed E-state index contributed by atoms with van der Waals surface area (Å²) in [6.07, 6.45) is -0.625. The van der Waals surface area contributed by atoms with Gasteiger partial charge in [0.2, 0.25) is 6.10 Å². The van der Waals surface area contributed by atoms with E-state index in [9.17, 15) is 4.79 Å². The Hall–Kier alpha value is -0.940. The maximum atomic E-state index is 11.6. The van der Waals surface area contributed by atoms with Crippen molar-refractivity contribution in [1.82, 2.24) is 0 Å². The average molecular weight is 321 g/mol. The number of carbonyl (C=O) groups excluding carboxylic acids is 1. The van der Waals surface area contributed by atoms with Crippen LogP contribution < -0.4 is 10.1 Å². The number of ether oxygens (including phenoxy) is 2. The average Bonchev–Trinajstić information content (AvgIpc) is 2.28. The van der Waals surface area contributed by atoms with Crippen LogP contribution in [0.15, 0.2) is 16.6 Å². The van der Waals surface area contributed by atoms with Crippen molar-refractivity contribution < 1.29 is 14.3 Å². The summed E-state index contributed by atoms with van der Waals surface area (Å²) >= 11 is 9.26. The number of hydrogen-bond acceptors (Lipinski definition) is 4. The Bertz CT molecular complexity index is 453. The Balaban J connectivity index is 2.21. The van der Waals surface area contributed by atoms with Gasteiger partial charge in [-0.05, 0) is 35.0 Å². The summed E-state index contributed by atoms with van der Waals surface area (Å²) in [5.74, 6) is 0.214. The number of rotatable bonds is 2. The van der Waals surface area contributed by atoms with Gasteiger partial charge in [-0.1, -0.05) is 11.6 Å². The molecule has 0 spiro atoms. The maximum Gasteiger partial charge on any atom is 0.349 e. The van der Waals surface area contributed by atoms with E-state index in [4.69, 9.17) is 21.1 Å². The van der Waals surface area contributed by atoms with Gasteiger partial charge in [0.1, 0.15) is 0 Å². The Morgan fingerprint density at radius 2 is 2.47 bits per heavy atom. The third-order valence-electron chi connectivity index (χ3n) is 2.30. The quantitative estimate of drug-likeness (QED) is 0.851. The molecule has 1 aliphatic rings. The first-order valence-electron chi connectivity index (χ1n) is 5.18. The van der Waals surface area contributed by atoms with Crippen LogP contribution in [0.4, 0.5) is 5.69 Å². The topological polar surface area (TPSA) is 47.6 Å². The van der Waals surface area contributed by atoms with Crippen molar-refractivity contribution in [1.29, 1.82) is 0 Å². The number of hydrogen-bond donors (Lipinski definition) is 1. The van der Waals surface area contributed by atoms with Crippen molar-refractivity contribution in [2.24, 2.45) is 0 Å². The maximum absolute atomic E-state index is 11.6.